The summed E-state index contributed by atoms with van der Waals surface area (Å²) in [4.78, 5) is 12.2. The maximum absolute atomic E-state index is 12.2. The van der Waals surface area contributed by atoms with Gasteiger partial charge < -0.3 is 5.11 Å². The molecule has 0 aliphatic heterocycles. The molecular formula is C17H18O2. The zero-order chi connectivity index (χ0) is 13.8. The van der Waals surface area contributed by atoms with E-state index in [0.29, 0.717) is 17.0 Å². The number of benzene rings is 2. The Labute approximate surface area is 113 Å². The number of carbonyl (C=O) groups excluding carboxylic acids is 1. The van der Waals surface area contributed by atoms with Crippen molar-refractivity contribution < 1.29 is 9.90 Å². The Bertz CT molecular complexity index is 541. The minimum absolute atomic E-state index is 0.262. The van der Waals surface area contributed by atoms with Crippen molar-refractivity contribution in [1.82, 2.24) is 0 Å². The van der Waals surface area contributed by atoms with Crippen LogP contribution in [0.2, 0.25) is 0 Å². The second kappa shape index (κ2) is 5.81. The van der Waals surface area contributed by atoms with Crippen LogP contribution in [0.15, 0.2) is 54.6 Å². The molecular weight excluding hydrogens is 236 g/mol. The lowest BCUT2D eigenvalue weighted by molar-refractivity contribution is 0.0747. The van der Waals surface area contributed by atoms with Gasteiger partial charge in [-0.1, -0.05) is 68.4 Å². The molecule has 0 aliphatic carbocycles. The molecule has 19 heavy (non-hydrogen) atoms. The minimum atomic E-state index is -1.09. The highest BCUT2D eigenvalue weighted by Gasteiger charge is 2.18. The molecule has 1 atom stereocenters. The molecule has 0 aliphatic rings. The normalized spacial score (nSPS) is 12.4. The molecule has 0 bridgehead atoms. The molecule has 0 saturated carbocycles. The van der Waals surface area contributed by atoms with Crippen molar-refractivity contribution in [2.45, 2.75) is 25.9 Å². The van der Waals surface area contributed by atoms with Gasteiger partial charge in [0, 0.05) is 5.56 Å². The smallest absolute Gasteiger partial charge is 0.195 e. The van der Waals surface area contributed by atoms with E-state index in [1.165, 1.54) is 5.56 Å². The van der Waals surface area contributed by atoms with Crippen molar-refractivity contribution in [2.24, 2.45) is 0 Å². The molecule has 0 fully saturated rings. The Kier molecular flexibility index (Phi) is 4.13. The van der Waals surface area contributed by atoms with Crippen LogP contribution in [0.5, 0.6) is 0 Å². The van der Waals surface area contributed by atoms with Gasteiger partial charge in [-0.3, -0.25) is 4.79 Å². The number of hydrogen-bond donors (Lipinski definition) is 1. The van der Waals surface area contributed by atoms with Gasteiger partial charge in [-0.25, -0.2) is 0 Å². The van der Waals surface area contributed by atoms with Gasteiger partial charge >= 0.3 is 0 Å². The second-order valence-electron chi connectivity index (χ2n) is 4.95. The fraction of sp³-hybridized carbons (Fsp3) is 0.235. The number of aliphatic hydroxyl groups is 1. The van der Waals surface area contributed by atoms with E-state index in [-0.39, 0.29) is 5.78 Å². The monoisotopic (exact) mass is 254 g/mol. The third-order valence-electron chi connectivity index (χ3n) is 3.23. The van der Waals surface area contributed by atoms with E-state index < -0.39 is 6.10 Å². The first kappa shape index (κ1) is 13.5. The predicted octanol–water partition coefficient (Wildman–Crippen LogP) is 3.73. The average Bonchev–Trinajstić information content (AvgIpc) is 2.46. The Hall–Kier alpha value is -1.93. The van der Waals surface area contributed by atoms with Gasteiger partial charge in [0.15, 0.2) is 5.78 Å². The molecule has 0 amide bonds. The van der Waals surface area contributed by atoms with E-state index in [9.17, 15) is 9.90 Å². The van der Waals surface area contributed by atoms with Crippen molar-refractivity contribution in [3.63, 3.8) is 0 Å². The highest BCUT2D eigenvalue weighted by atomic mass is 16.3. The number of carbonyl (C=O) groups is 1. The maximum Gasteiger partial charge on any atom is 0.195 e. The van der Waals surface area contributed by atoms with Gasteiger partial charge in [0.2, 0.25) is 0 Å². The molecule has 2 heteroatoms. The highest BCUT2D eigenvalue weighted by molar-refractivity contribution is 5.99. The summed E-state index contributed by atoms with van der Waals surface area (Å²) in [6.07, 6.45) is -1.09. The van der Waals surface area contributed by atoms with Crippen LogP contribution < -0.4 is 0 Å². The largest absolute Gasteiger partial charge is 0.380 e. The molecule has 2 rings (SSSR count). The lowest BCUT2D eigenvalue weighted by Gasteiger charge is -2.11. The number of aliphatic hydroxyl groups excluding tert-OH is 1. The van der Waals surface area contributed by atoms with Gasteiger partial charge in [0.1, 0.15) is 6.10 Å². The Morgan fingerprint density at radius 1 is 0.895 bits per heavy atom. The van der Waals surface area contributed by atoms with E-state index >= 15 is 0 Å². The quantitative estimate of drug-likeness (QED) is 0.844. The molecule has 0 radical (unpaired) electrons. The summed E-state index contributed by atoms with van der Waals surface area (Å²) in [6.45, 7) is 4.21. The van der Waals surface area contributed by atoms with Crippen LogP contribution in [-0.4, -0.2) is 10.9 Å². The first-order valence-corrected chi connectivity index (χ1v) is 6.47. The summed E-state index contributed by atoms with van der Waals surface area (Å²) >= 11 is 0. The van der Waals surface area contributed by atoms with Crippen LogP contribution in [0.3, 0.4) is 0 Å². The first-order chi connectivity index (χ1) is 9.09. The Balaban J connectivity index is 2.20. The molecule has 2 aromatic rings. The van der Waals surface area contributed by atoms with Crippen LogP contribution in [-0.2, 0) is 0 Å². The van der Waals surface area contributed by atoms with Crippen LogP contribution in [0, 0.1) is 0 Å². The van der Waals surface area contributed by atoms with Gasteiger partial charge in [-0.15, -0.1) is 0 Å². The molecule has 0 heterocycles. The fourth-order valence-corrected chi connectivity index (χ4v) is 1.98. The van der Waals surface area contributed by atoms with Crippen molar-refractivity contribution in [3.8, 4) is 0 Å². The molecule has 2 aromatic carbocycles. The zero-order valence-electron chi connectivity index (χ0n) is 11.2. The SMILES string of the molecule is CC(C)c1ccc(C(=O)C(O)c2ccccc2)cc1. The van der Waals surface area contributed by atoms with Crippen molar-refractivity contribution in [1.29, 1.82) is 0 Å². The molecule has 1 unspecified atom stereocenters. The van der Waals surface area contributed by atoms with E-state index in [4.69, 9.17) is 0 Å². The van der Waals surface area contributed by atoms with Gasteiger partial charge in [-0.05, 0) is 17.0 Å². The van der Waals surface area contributed by atoms with Crippen LogP contribution in [0.1, 0.15) is 47.4 Å². The van der Waals surface area contributed by atoms with Gasteiger partial charge in [0.05, 0.1) is 0 Å². The summed E-state index contributed by atoms with van der Waals surface area (Å²) in [5, 5.41) is 10.1. The van der Waals surface area contributed by atoms with E-state index in [1.54, 1.807) is 24.3 Å². The Morgan fingerprint density at radius 3 is 2.00 bits per heavy atom. The fourth-order valence-electron chi connectivity index (χ4n) is 1.98. The van der Waals surface area contributed by atoms with Crippen molar-refractivity contribution in [2.75, 3.05) is 0 Å². The van der Waals surface area contributed by atoms with Crippen LogP contribution in [0.4, 0.5) is 0 Å². The molecule has 0 saturated heterocycles. The topological polar surface area (TPSA) is 37.3 Å². The molecule has 0 spiro atoms. The molecule has 0 aromatic heterocycles. The second-order valence-corrected chi connectivity index (χ2v) is 4.95. The molecule has 2 nitrogen and oxygen atoms in total. The lowest BCUT2D eigenvalue weighted by atomic mass is 9.97. The summed E-state index contributed by atoms with van der Waals surface area (Å²) < 4.78 is 0. The predicted molar refractivity (Wildman–Crippen MR) is 76.3 cm³/mol. The van der Waals surface area contributed by atoms with Gasteiger partial charge in [-0.2, -0.15) is 0 Å². The highest BCUT2D eigenvalue weighted by Crippen LogP contribution is 2.20. The maximum atomic E-state index is 12.2. The van der Waals surface area contributed by atoms with Crippen LogP contribution in [0.25, 0.3) is 0 Å². The number of Topliss-reactive ketones (excluding diaryl/α,β-unsaturated/α-hetero) is 1. The molecule has 98 valence electrons. The number of hydrogen-bond acceptors (Lipinski definition) is 2. The van der Waals surface area contributed by atoms with E-state index in [2.05, 4.69) is 13.8 Å². The Morgan fingerprint density at radius 2 is 1.47 bits per heavy atom. The summed E-state index contributed by atoms with van der Waals surface area (Å²) in [5.41, 5.74) is 2.35. The average molecular weight is 254 g/mol. The summed E-state index contributed by atoms with van der Waals surface area (Å²) in [6, 6.07) is 16.4. The number of rotatable bonds is 4. The first-order valence-electron chi connectivity index (χ1n) is 6.47. The molecule has 1 N–H and O–H groups in total. The van der Waals surface area contributed by atoms with Crippen molar-refractivity contribution >= 4 is 5.78 Å². The van der Waals surface area contributed by atoms with E-state index in [1.807, 2.05) is 30.3 Å². The summed E-state index contributed by atoms with van der Waals surface area (Å²) in [5.74, 6) is 0.171. The summed E-state index contributed by atoms with van der Waals surface area (Å²) in [7, 11) is 0. The van der Waals surface area contributed by atoms with Gasteiger partial charge in [0.25, 0.3) is 0 Å². The zero-order valence-corrected chi connectivity index (χ0v) is 11.2. The van der Waals surface area contributed by atoms with Crippen LogP contribution >= 0.6 is 0 Å². The third kappa shape index (κ3) is 3.09. The van der Waals surface area contributed by atoms with Crippen molar-refractivity contribution in [3.05, 3.63) is 71.3 Å². The number of ketones is 1. The third-order valence-corrected chi connectivity index (χ3v) is 3.23. The van der Waals surface area contributed by atoms with E-state index in [0.717, 1.165) is 0 Å². The standard InChI is InChI=1S/C17H18O2/c1-12(2)13-8-10-15(11-9-13)17(19)16(18)14-6-4-3-5-7-14/h3-12,16,18H,1-2H3. The minimum Gasteiger partial charge on any atom is -0.380 e. The lowest BCUT2D eigenvalue weighted by Crippen LogP contribution is -2.12.